The van der Waals surface area contributed by atoms with Gasteiger partial charge < -0.3 is 19.4 Å². The molecule has 1 saturated heterocycles. The number of nitrogens with zero attached hydrogens (tertiary/aromatic N) is 3. The van der Waals surface area contributed by atoms with Gasteiger partial charge in [0.25, 0.3) is 5.91 Å². The Balaban J connectivity index is 1.63. The SMILES string of the molecule is COCCCNC(=O)c1cc(-c2csc(-c3ccc(C)nc3)n2)n(CC2CCCO2)c1C. The molecule has 1 aliphatic rings. The van der Waals surface area contributed by atoms with Gasteiger partial charge in [0.05, 0.1) is 23.1 Å². The largest absolute Gasteiger partial charge is 0.385 e. The minimum Gasteiger partial charge on any atom is -0.385 e. The normalized spacial score (nSPS) is 15.9. The number of methoxy groups -OCH3 is 1. The topological polar surface area (TPSA) is 78.3 Å². The fourth-order valence-corrected chi connectivity index (χ4v) is 4.75. The summed E-state index contributed by atoms with van der Waals surface area (Å²) in [5.74, 6) is -0.0656. The summed E-state index contributed by atoms with van der Waals surface area (Å²) >= 11 is 1.59. The molecule has 32 heavy (non-hydrogen) atoms. The maximum Gasteiger partial charge on any atom is 0.253 e. The van der Waals surface area contributed by atoms with E-state index in [2.05, 4.69) is 20.2 Å². The third-order valence-electron chi connectivity index (χ3n) is 5.76. The van der Waals surface area contributed by atoms with Crippen LogP contribution < -0.4 is 5.32 Å². The second kappa shape index (κ2) is 10.4. The number of hydrogen-bond donors (Lipinski definition) is 1. The third kappa shape index (κ3) is 5.09. The van der Waals surface area contributed by atoms with Crippen LogP contribution in [0.1, 0.15) is 41.0 Å². The molecule has 0 aliphatic carbocycles. The molecule has 1 aliphatic heterocycles. The van der Waals surface area contributed by atoms with Gasteiger partial charge in [0.1, 0.15) is 5.01 Å². The lowest BCUT2D eigenvalue weighted by Gasteiger charge is -2.15. The van der Waals surface area contributed by atoms with Gasteiger partial charge in [-0.25, -0.2) is 4.98 Å². The maximum absolute atomic E-state index is 12.9. The second-order valence-electron chi connectivity index (χ2n) is 8.10. The van der Waals surface area contributed by atoms with E-state index in [1.54, 1.807) is 18.4 Å². The van der Waals surface area contributed by atoms with Gasteiger partial charge in [-0.15, -0.1) is 11.3 Å². The third-order valence-corrected chi connectivity index (χ3v) is 6.65. The zero-order valence-electron chi connectivity index (χ0n) is 18.9. The zero-order chi connectivity index (χ0) is 22.5. The zero-order valence-corrected chi connectivity index (χ0v) is 19.7. The second-order valence-corrected chi connectivity index (χ2v) is 8.96. The summed E-state index contributed by atoms with van der Waals surface area (Å²) < 4.78 is 13.1. The van der Waals surface area contributed by atoms with E-state index in [4.69, 9.17) is 14.5 Å². The Bertz CT molecular complexity index is 1050. The molecule has 170 valence electrons. The monoisotopic (exact) mass is 454 g/mol. The van der Waals surface area contributed by atoms with Gasteiger partial charge in [-0.1, -0.05) is 0 Å². The van der Waals surface area contributed by atoms with E-state index in [9.17, 15) is 4.79 Å². The Morgan fingerprint density at radius 1 is 1.38 bits per heavy atom. The number of hydrogen-bond acceptors (Lipinski definition) is 6. The summed E-state index contributed by atoms with van der Waals surface area (Å²) in [6.45, 7) is 6.70. The quantitative estimate of drug-likeness (QED) is 0.490. The summed E-state index contributed by atoms with van der Waals surface area (Å²) in [5, 5.41) is 5.98. The van der Waals surface area contributed by atoms with Crippen molar-refractivity contribution in [1.82, 2.24) is 19.9 Å². The standard InChI is InChI=1S/C24H30N4O3S/c1-16-7-8-18(13-26-16)24-27-21(15-32-24)22-12-20(23(29)25-9-5-10-30-3)17(2)28(22)14-19-6-4-11-31-19/h7-8,12-13,15,19H,4-6,9-11,14H2,1-3H3,(H,25,29). The number of rotatable bonds is 9. The van der Waals surface area contributed by atoms with Crippen molar-refractivity contribution in [2.45, 2.75) is 45.8 Å². The molecule has 3 aromatic heterocycles. The van der Waals surface area contributed by atoms with Crippen LogP contribution in [0.15, 0.2) is 29.8 Å². The van der Waals surface area contributed by atoms with Gasteiger partial charge in [-0.3, -0.25) is 9.78 Å². The number of thiazole rings is 1. The highest BCUT2D eigenvalue weighted by atomic mass is 32.1. The number of carbonyl (C=O) groups excluding carboxylic acids is 1. The van der Waals surface area contributed by atoms with Crippen LogP contribution in [0, 0.1) is 13.8 Å². The Morgan fingerprint density at radius 2 is 2.25 bits per heavy atom. The minimum absolute atomic E-state index is 0.0656. The first kappa shape index (κ1) is 22.6. The number of nitrogens with one attached hydrogen (secondary N) is 1. The molecule has 0 radical (unpaired) electrons. The van der Waals surface area contributed by atoms with Crippen molar-refractivity contribution in [3.05, 3.63) is 46.7 Å². The average molecular weight is 455 g/mol. The van der Waals surface area contributed by atoms with E-state index >= 15 is 0 Å². The molecule has 1 unspecified atom stereocenters. The van der Waals surface area contributed by atoms with Crippen LogP contribution in [0.5, 0.6) is 0 Å². The van der Waals surface area contributed by atoms with Crippen LogP contribution in [0.25, 0.3) is 22.0 Å². The summed E-state index contributed by atoms with van der Waals surface area (Å²) in [4.78, 5) is 22.2. The molecule has 3 aromatic rings. The number of aryl methyl sites for hydroxylation is 1. The molecule has 1 fully saturated rings. The fraction of sp³-hybridized carbons (Fsp3) is 0.458. The van der Waals surface area contributed by atoms with Crippen LogP contribution >= 0.6 is 11.3 Å². The lowest BCUT2D eigenvalue weighted by Crippen LogP contribution is -2.26. The summed E-state index contributed by atoms with van der Waals surface area (Å²) in [7, 11) is 1.66. The van der Waals surface area contributed by atoms with Crippen molar-refractivity contribution in [2.75, 3.05) is 26.9 Å². The van der Waals surface area contributed by atoms with Gasteiger partial charge in [0.2, 0.25) is 0 Å². The van der Waals surface area contributed by atoms with E-state index in [1.165, 1.54) is 0 Å². The van der Waals surface area contributed by atoms with Crippen LogP contribution in [0.2, 0.25) is 0 Å². The fourth-order valence-electron chi connectivity index (χ4n) is 3.95. The van der Waals surface area contributed by atoms with Gasteiger partial charge in [-0.05, 0) is 51.3 Å². The molecule has 1 N–H and O–H groups in total. The summed E-state index contributed by atoms with van der Waals surface area (Å²) in [5.41, 5.74) is 5.41. The summed E-state index contributed by atoms with van der Waals surface area (Å²) in [6.07, 6.45) is 4.91. The van der Waals surface area contributed by atoms with Crippen molar-refractivity contribution in [3.63, 3.8) is 0 Å². The maximum atomic E-state index is 12.9. The molecule has 8 heteroatoms. The van der Waals surface area contributed by atoms with Crippen LogP contribution in [-0.4, -0.2) is 53.4 Å². The Kier molecular flexibility index (Phi) is 7.34. The van der Waals surface area contributed by atoms with Crippen LogP contribution in [0.4, 0.5) is 0 Å². The van der Waals surface area contributed by atoms with Crippen molar-refractivity contribution in [2.24, 2.45) is 0 Å². The van der Waals surface area contributed by atoms with Crippen molar-refractivity contribution in [1.29, 1.82) is 0 Å². The Hall–Kier alpha value is -2.55. The molecule has 0 bridgehead atoms. The molecule has 4 heterocycles. The van der Waals surface area contributed by atoms with Gasteiger partial charge >= 0.3 is 0 Å². The van der Waals surface area contributed by atoms with Crippen molar-refractivity contribution in [3.8, 4) is 22.0 Å². The smallest absolute Gasteiger partial charge is 0.253 e. The summed E-state index contributed by atoms with van der Waals surface area (Å²) in [6, 6.07) is 6.00. The number of carbonyl (C=O) groups is 1. The molecular weight excluding hydrogens is 424 g/mol. The number of amides is 1. The van der Waals surface area contributed by atoms with E-state index < -0.39 is 0 Å². The van der Waals surface area contributed by atoms with E-state index in [0.29, 0.717) is 18.7 Å². The van der Waals surface area contributed by atoms with Gasteiger partial charge in [-0.2, -0.15) is 0 Å². The number of aromatic nitrogens is 3. The Labute approximate surface area is 192 Å². The van der Waals surface area contributed by atoms with E-state index in [1.807, 2.05) is 38.2 Å². The molecule has 1 amide bonds. The number of pyridine rings is 1. The first-order valence-electron chi connectivity index (χ1n) is 11.0. The lowest BCUT2D eigenvalue weighted by molar-refractivity contribution is 0.0937. The molecule has 0 spiro atoms. The first-order chi connectivity index (χ1) is 15.6. The average Bonchev–Trinajstić information content (AvgIpc) is 3.54. The highest BCUT2D eigenvalue weighted by molar-refractivity contribution is 7.13. The van der Waals surface area contributed by atoms with E-state index in [-0.39, 0.29) is 12.0 Å². The van der Waals surface area contributed by atoms with Crippen molar-refractivity contribution >= 4 is 17.2 Å². The van der Waals surface area contributed by atoms with Crippen LogP contribution in [0.3, 0.4) is 0 Å². The molecule has 7 nitrogen and oxygen atoms in total. The highest BCUT2D eigenvalue weighted by Crippen LogP contribution is 2.32. The molecule has 4 rings (SSSR count). The predicted octanol–water partition coefficient (Wildman–Crippen LogP) is 4.24. The van der Waals surface area contributed by atoms with Crippen molar-refractivity contribution < 1.29 is 14.3 Å². The van der Waals surface area contributed by atoms with E-state index in [0.717, 1.165) is 65.8 Å². The minimum atomic E-state index is -0.0656. The molecular formula is C24H30N4O3S. The molecule has 1 atom stereocenters. The van der Waals surface area contributed by atoms with Gasteiger partial charge in [0, 0.05) is 61.9 Å². The Morgan fingerprint density at radius 3 is 2.97 bits per heavy atom. The predicted molar refractivity (Wildman–Crippen MR) is 126 cm³/mol. The first-order valence-corrected chi connectivity index (χ1v) is 11.9. The lowest BCUT2D eigenvalue weighted by atomic mass is 10.2. The highest BCUT2D eigenvalue weighted by Gasteiger charge is 2.24. The molecule has 0 saturated carbocycles. The number of ether oxygens (including phenoxy) is 2. The molecule has 0 aromatic carbocycles. The van der Waals surface area contributed by atoms with Gasteiger partial charge in [0.15, 0.2) is 0 Å². The van der Waals surface area contributed by atoms with Crippen LogP contribution in [-0.2, 0) is 16.0 Å².